The van der Waals surface area contributed by atoms with Crippen molar-refractivity contribution in [3.05, 3.63) is 53.6 Å². The van der Waals surface area contributed by atoms with Crippen LogP contribution in [0.4, 0.5) is 4.39 Å². The molecule has 1 N–H and O–H groups in total. The molecule has 0 saturated carbocycles. The van der Waals surface area contributed by atoms with Crippen molar-refractivity contribution in [3.8, 4) is 17.2 Å². The SMILES string of the molecule is CNCc1ccc(F)cc1-c1cncc(C#N)c1. The van der Waals surface area contributed by atoms with E-state index in [2.05, 4.69) is 10.3 Å². The molecule has 0 amide bonds. The second-order valence-electron chi connectivity index (χ2n) is 3.91. The monoisotopic (exact) mass is 241 g/mol. The van der Waals surface area contributed by atoms with Crippen molar-refractivity contribution in [3.63, 3.8) is 0 Å². The molecule has 0 bridgehead atoms. The van der Waals surface area contributed by atoms with Gasteiger partial charge in [-0.05, 0) is 36.4 Å². The van der Waals surface area contributed by atoms with Crippen molar-refractivity contribution in [1.29, 1.82) is 5.26 Å². The smallest absolute Gasteiger partial charge is 0.123 e. The summed E-state index contributed by atoms with van der Waals surface area (Å²) in [6.45, 7) is 0.631. The molecule has 0 radical (unpaired) electrons. The van der Waals surface area contributed by atoms with E-state index in [1.165, 1.54) is 18.3 Å². The summed E-state index contributed by atoms with van der Waals surface area (Å²) in [5, 5.41) is 11.9. The van der Waals surface area contributed by atoms with Crippen molar-refractivity contribution in [2.24, 2.45) is 0 Å². The molecule has 0 atom stereocenters. The van der Waals surface area contributed by atoms with E-state index in [0.717, 1.165) is 16.7 Å². The highest BCUT2D eigenvalue weighted by Crippen LogP contribution is 2.24. The van der Waals surface area contributed by atoms with Gasteiger partial charge in [0.1, 0.15) is 11.9 Å². The number of hydrogen-bond acceptors (Lipinski definition) is 3. The van der Waals surface area contributed by atoms with Crippen molar-refractivity contribution in [2.45, 2.75) is 6.54 Å². The van der Waals surface area contributed by atoms with Gasteiger partial charge in [0.05, 0.1) is 5.56 Å². The van der Waals surface area contributed by atoms with Crippen LogP contribution >= 0.6 is 0 Å². The maximum atomic E-state index is 13.3. The average molecular weight is 241 g/mol. The highest BCUT2D eigenvalue weighted by molar-refractivity contribution is 5.67. The van der Waals surface area contributed by atoms with Crippen molar-refractivity contribution < 1.29 is 4.39 Å². The third kappa shape index (κ3) is 2.53. The van der Waals surface area contributed by atoms with Crippen LogP contribution in [0.2, 0.25) is 0 Å². The van der Waals surface area contributed by atoms with Gasteiger partial charge < -0.3 is 5.32 Å². The van der Waals surface area contributed by atoms with Crippen LogP contribution in [0.1, 0.15) is 11.1 Å². The van der Waals surface area contributed by atoms with Gasteiger partial charge >= 0.3 is 0 Å². The molecule has 18 heavy (non-hydrogen) atoms. The fraction of sp³-hybridized carbons (Fsp3) is 0.143. The molecule has 0 fully saturated rings. The molecule has 1 aromatic heterocycles. The number of aromatic nitrogens is 1. The summed E-state index contributed by atoms with van der Waals surface area (Å²) in [4.78, 5) is 4.00. The van der Waals surface area contributed by atoms with Crippen molar-refractivity contribution in [1.82, 2.24) is 10.3 Å². The number of rotatable bonds is 3. The number of nitrogens with one attached hydrogen (secondary N) is 1. The molecule has 0 aliphatic heterocycles. The van der Waals surface area contributed by atoms with Crippen LogP contribution in [0.3, 0.4) is 0 Å². The van der Waals surface area contributed by atoms with Crippen LogP contribution in [0.15, 0.2) is 36.7 Å². The van der Waals surface area contributed by atoms with Gasteiger partial charge in [-0.3, -0.25) is 4.98 Å². The van der Waals surface area contributed by atoms with Crippen LogP contribution < -0.4 is 5.32 Å². The maximum absolute atomic E-state index is 13.3. The van der Waals surface area contributed by atoms with Crippen molar-refractivity contribution in [2.75, 3.05) is 7.05 Å². The highest BCUT2D eigenvalue weighted by Gasteiger charge is 2.07. The minimum Gasteiger partial charge on any atom is -0.316 e. The number of benzene rings is 1. The number of hydrogen-bond donors (Lipinski definition) is 1. The lowest BCUT2D eigenvalue weighted by Crippen LogP contribution is -2.06. The summed E-state index contributed by atoms with van der Waals surface area (Å²) in [6.07, 6.45) is 3.12. The zero-order chi connectivity index (χ0) is 13.0. The van der Waals surface area contributed by atoms with Crippen LogP contribution in [0.25, 0.3) is 11.1 Å². The summed E-state index contributed by atoms with van der Waals surface area (Å²) < 4.78 is 13.3. The van der Waals surface area contributed by atoms with Gasteiger partial charge in [-0.15, -0.1) is 0 Å². The summed E-state index contributed by atoms with van der Waals surface area (Å²) in [7, 11) is 1.83. The first-order chi connectivity index (χ1) is 8.74. The Hall–Kier alpha value is -2.25. The van der Waals surface area contributed by atoms with E-state index in [1.54, 1.807) is 18.3 Å². The standard InChI is InChI=1S/C14H12FN3/c1-17-8-11-2-3-13(15)5-14(11)12-4-10(6-16)7-18-9-12/h2-5,7,9,17H,8H2,1H3. The topological polar surface area (TPSA) is 48.7 Å². The molecular formula is C14H12FN3. The fourth-order valence-corrected chi connectivity index (χ4v) is 1.81. The Morgan fingerprint density at radius 3 is 2.89 bits per heavy atom. The van der Waals surface area contributed by atoms with Gasteiger partial charge in [-0.25, -0.2) is 4.39 Å². The number of pyridine rings is 1. The first-order valence-corrected chi connectivity index (χ1v) is 5.53. The minimum atomic E-state index is -0.299. The Bertz CT molecular complexity index is 602. The Balaban J connectivity index is 2.54. The largest absolute Gasteiger partial charge is 0.316 e. The van der Waals surface area contributed by atoms with E-state index in [9.17, 15) is 4.39 Å². The molecule has 2 rings (SSSR count). The first kappa shape index (κ1) is 12.2. The lowest BCUT2D eigenvalue weighted by atomic mass is 10.00. The number of nitriles is 1. The Labute approximate surface area is 105 Å². The van der Waals surface area contributed by atoms with E-state index in [1.807, 2.05) is 13.1 Å². The van der Waals surface area contributed by atoms with E-state index < -0.39 is 0 Å². The minimum absolute atomic E-state index is 0.299. The molecule has 90 valence electrons. The quantitative estimate of drug-likeness (QED) is 0.898. The normalized spacial score (nSPS) is 10.1. The third-order valence-corrected chi connectivity index (χ3v) is 2.62. The van der Waals surface area contributed by atoms with E-state index in [-0.39, 0.29) is 5.82 Å². The van der Waals surface area contributed by atoms with Gasteiger partial charge in [0.2, 0.25) is 0 Å². The molecule has 1 heterocycles. The van der Waals surface area contributed by atoms with E-state index >= 15 is 0 Å². The van der Waals surface area contributed by atoms with Crippen LogP contribution in [-0.4, -0.2) is 12.0 Å². The van der Waals surface area contributed by atoms with Gasteiger partial charge in [-0.2, -0.15) is 5.26 Å². The average Bonchev–Trinajstić information content (AvgIpc) is 2.41. The van der Waals surface area contributed by atoms with Gasteiger partial charge in [0.25, 0.3) is 0 Å². The Morgan fingerprint density at radius 2 is 2.17 bits per heavy atom. The Morgan fingerprint density at radius 1 is 1.33 bits per heavy atom. The summed E-state index contributed by atoms with van der Waals surface area (Å²) in [5.74, 6) is -0.299. The second-order valence-corrected chi connectivity index (χ2v) is 3.91. The van der Waals surface area contributed by atoms with Crippen molar-refractivity contribution >= 4 is 0 Å². The third-order valence-electron chi connectivity index (χ3n) is 2.62. The Kier molecular flexibility index (Phi) is 3.66. The summed E-state index contributed by atoms with van der Waals surface area (Å²) >= 11 is 0. The maximum Gasteiger partial charge on any atom is 0.123 e. The number of halogens is 1. The van der Waals surface area contributed by atoms with E-state index in [4.69, 9.17) is 5.26 Å². The molecule has 4 heteroatoms. The predicted molar refractivity (Wildman–Crippen MR) is 67.1 cm³/mol. The molecular weight excluding hydrogens is 229 g/mol. The number of nitrogens with zero attached hydrogens (tertiary/aromatic N) is 2. The molecule has 0 spiro atoms. The molecule has 1 aromatic carbocycles. The zero-order valence-corrected chi connectivity index (χ0v) is 9.94. The lowest BCUT2D eigenvalue weighted by Gasteiger charge is -2.09. The predicted octanol–water partition coefficient (Wildman–Crippen LogP) is 2.48. The van der Waals surface area contributed by atoms with Gasteiger partial charge in [-0.1, -0.05) is 6.07 Å². The van der Waals surface area contributed by atoms with Gasteiger partial charge in [0, 0.05) is 24.5 Å². The molecule has 0 aliphatic rings. The molecule has 3 nitrogen and oxygen atoms in total. The summed E-state index contributed by atoms with van der Waals surface area (Å²) in [5.41, 5.74) is 2.94. The molecule has 0 aliphatic carbocycles. The molecule has 0 unspecified atom stereocenters. The van der Waals surface area contributed by atoms with Crippen LogP contribution in [0.5, 0.6) is 0 Å². The summed E-state index contributed by atoms with van der Waals surface area (Å²) in [6, 6.07) is 8.37. The molecule has 2 aromatic rings. The van der Waals surface area contributed by atoms with Crippen LogP contribution in [-0.2, 0) is 6.54 Å². The highest BCUT2D eigenvalue weighted by atomic mass is 19.1. The zero-order valence-electron chi connectivity index (χ0n) is 9.94. The first-order valence-electron chi connectivity index (χ1n) is 5.53. The second kappa shape index (κ2) is 5.39. The lowest BCUT2D eigenvalue weighted by molar-refractivity contribution is 0.627. The van der Waals surface area contributed by atoms with E-state index in [0.29, 0.717) is 12.1 Å². The molecule has 0 saturated heterocycles. The van der Waals surface area contributed by atoms with Crippen LogP contribution in [0, 0.1) is 17.1 Å². The fourth-order valence-electron chi connectivity index (χ4n) is 1.81. The van der Waals surface area contributed by atoms with Gasteiger partial charge in [0.15, 0.2) is 0 Å².